The van der Waals surface area contributed by atoms with Gasteiger partial charge in [0.05, 0.1) is 0 Å². The van der Waals surface area contributed by atoms with Crippen LogP contribution in [0.2, 0.25) is 0 Å². The molecular formula is C16H16F2N4O4. The monoisotopic (exact) mass is 366 g/mol. The molecule has 1 aliphatic heterocycles. The fourth-order valence-corrected chi connectivity index (χ4v) is 2.66. The average Bonchev–Trinajstić information content (AvgIpc) is 3.33. The quantitative estimate of drug-likeness (QED) is 0.683. The summed E-state index contributed by atoms with van der Waals surface area (Å²) in [6.45, 7) is 0.484. The van der Waals surface area contributed by atoms with Gasteiger partial charge in [-0.25, -0.2) is 18.4 Å². The van der Waals surface area contributed by atoms with E-state index < -0.39 is 47.6 Å². The van der Waals surface area contributed by atoms with Crippen molar-refractivity contribution in [1.29, 1.82) is 0 Å². The third-order valence-electron chi connectivity index (χ3n) is 4.21. The molecule has 0 aromatic heterocycles. The first-order valence-electron chi connectivity index (χ1n) is 7.90. The zero-order chi connectivity index (χ0) is 19.1. The summed E-state index contributed by atoms with van der Waals surface area (Å²) in [5, 5.41) is 6.80. The molecule has 0 bridgehead atoms. The molecular weight excluding hydrogens is 350 g/mol. The Bertz CT molecular complexity index is 811. The van der Waals surface area contributed by atoms with Gasteiger partial charge in [0.15, 0.2) is 0 Å². The topological polar surface area (TPSA) is 108 Å². The number of nitrogens with zero attached hydrogens (tertiary/aromatic N) is 1. The van der Waals surface area contributed by atoms with Gasteiger partial charge in [0.1, 0.15) is 23.7 Å². The van der Waals surface area contributed by atoms with Crippen molar-refractivity contribution in [2.75, 3.05) is 6.54 Å². The summed E-state index contributed by atoms with van der Waals surface area (Å²) in [6.07, 6.45) is 1.65. The van der Waals surface area contributed by atoms with Gasteiger partial charge in [0.25, 0.3) is 5.91 Å². The van der Waals surface area contributed by atoms with Crippen LogP contribution >= 0.6 is 0 Å². The van der Waals surface area contributed by atoms with Crippen LogP contribution in [0, 0.1) is 11.6 Å². The summed E-state index contributed by atoms with van der Waals surface area (Å²) < 4.78 is 27.5. The Labute approximate surface area is 146 Å². The lowest BCUT2D eigenvalue weighted by atomic mass is 9.91. The average molecular weight is 366 g/mol. The van der Waals surface area contributed by atoms with E-state index in [2.05, 4.69) is 10.6 Å². The van der Waals surface area contributed by atoms with E-state index in [-0.39, 0.29) is 11.6 Å². The SMILES string of the molecule is C[C@@]1(c2cc(F)ccc2F)NC(=O)N(CC(=O)NC(=O)NC2CC2)C1=O. The van der Waals surface area contributed by atoms with Gasteiger partial charge in [-0.05, 0) is 38.0 Å². The Morgan fingerprint density at radius 1 is 1.31 bits per heavy atom. The van der Waals surface area contributed by atoms with Crippen molar-refractivity contribution in [2.24, 2.45) is 0 Å². The van der Waals surface area contributed by atoms with Crippen LogP contribution in [-0.2, 0) is 15.1 Å². The predicted molar refractivity (Wildman–Crippen MR) is 83.7 cm³/mol. The van der Waals surface area contributed by atoms with Gasteiger partial charge in [-0.3, -0.25) is 19.8 Å². The highest BCUT2D eigenvalue weighted by molar-refractivity contribution is 6.10. The Kier molecular flexibility index (Phi) is 4.34. The number of carbonyl (C=O) groups is 4. The summed E-state index contributed by atoms with van der Waals surface area (Å²) in [4.78, 5) is 48.6. The lowest BCUT2D eigenvalue weighted by Gasteiger charge is -2.22. The summed E-state index contributed by atoms with van der Waals surface area (Å²) >= 11 is 0. The Morgan fingerprint density at radius 3 is 2.65 bits per heavy atom. The number of benzene rings is 1. The zero-order valence-corrected chi connectivity index (χ0v) is 13.8. The molecule has 1 aromatic carbocycles. The smallest absolute Gasteiger partial charge is 0.325 e. The van der Waals surface area contributed by atoms with Crippen LogP contribution in [0.1, 0.15) is 25.3 Å². The summed E-state index contributed by atoms with van der Waals surface area (Å²) in [5.74, 6) is -3.46. The van der Waals surface area contributed by atoms with Crippen LogP contribution in [0.25, 0.3) is 0 Å². The Balaban J connectivity index is 1.72. The highest BCUT2D eigenvalue weighted by atomic mass is 19.1. The molecule has 26 heavy (non-hydrogen) atoms. The molecule has 3 rings (SSSR count). The molecule has 10 heteroatoms. The largest absolute Gasteiger partial charge is 0.335 e. The molecule has 1 heterocycles. The van der Waals surface area contributed by atoms with Gasteiger partial charge in [0.2, 0.25) is 5.91 Å². The van der Waals surface area contributed by atoms with Gasteiger partial charge in [-0.15, -0.1) is 0 Å². The van der Waals surface area contributed by atoms with Crippen molar-refractivity contribution >= 4 is 23.9 Å². The minimum absolute atomic E-state index is 0.0266. The maximum Gasteiger partial charge on any atom is 0.325 e. The van der Waals surface area contributed by atoms with Crippen molar-refractivity contribution in [3.63, 3.8) is 0 Å². The number of rotatable bonds is 4. The molecule has 0 unspecified atom stereocenters. The second-order valence-electron chi connectivity index (χ2n) is 6.37. The highest BCUT2D eigenvalue weighted by Crippen LogP contribution is 2.31. The van der Waals surface area contributed by atoms with Crippen LogP contribution in [0.5, 0.6) is 0 Å². The number of amides is 6. The van der Waals surface area contributed by atoms with Crippen LogP contribution in [0.15, 0.2) is 18.2 Å². The number of hydrogen-bond acceptors (Lipinski definition) is 4. The normalized spacial score (nSPS) is 22.2. The number of urea groups is 2. The third-order valence-corrected chi connectivity index (χ3v) is 4.21. The van der Waals surface area contributed by atoms with Gasteiger partial charge in [-0.2, -0.15) is 0 Å². The number of imide groups is 2. The zero-order valence-electron chi connectivity index (χ0n) is 13.8. The van der Waals surface area contributed by atoms with Gasteiger partial charge in [0, 0.05) is 11.6 Å². The maximum atomic E-state index is 14.0. The second-order valence-corrected chi connectivity index (χ2v) is 6.37. The molecule has 138 valence electrons. The molecule has 3 N–H and O–H groups in total. The molecule has 1 saturated heterocycles. The minimum atomic E-state index is -1.86. The summed E-state index contributed by atoms with van der Waals surface area (Å²) in [7, 11) is 0. The first-order chi connectivity index (χ1) is 12.2. The second kappa shape index (κ2) is 6.36. The number of carbonyl (C=O) groups excluding carboxylic acids is 4. The molecule has 2 aliphatic rings. The number of hydrogen-bond donors (Lipinski definition) is 3. The van der Waals surface area contributed by atoms with Crippen LogP contribution < -0.4 is 16.0 Å². The molecule has 1 saturated carbocycles. The van der Waals surface area contributed by atoms with E-state index in [1.165, 1.54) is 6.92 Å². The maximum absolute atomic E-state index is 14.0. The van der Waals surface area contributed by atoms with Gasteiger partial charge in [-0.1, -0.05) is 0 Å². The molecule has 0 radical (unpaired) electrons. The van der Waals surface area contributed by atoms with E-state index in [4.69, 9.17) is 0 Å². The van der Waals surface area contributed by atoms with Crippen LogP contribution in [0.3, 0.4) is 0 Å². The van der Waals surface area contributed by atoms with Crippen LogP contribution in [0.4, 0.5) is 18.4 Å². The van der Waals surface area contributed by atoms with E-state index in [1.807, 2.05) is 5.32 Å². The minimum Gasteiger partial charge on any atom is -0.335 e. The Hall–Kier alpha value is -3.04. The standard InChI is InChI=1S/C16H16F2N4O4/c1-16(10-6-8(17)2-5-11(10)18)13(24)22(15(26)21-16)7-12(23)20-14(25)19-9-3-4-9/h2,5-6,9H,3-4,7H2,1H3,(H,21,26)(H2,19,20,23,25)/t16-/m0/s1. The molecule has 8 nitrogen and oxygen atoms in total. The molecule has 0 spiro atoms. The fraction of sp³-hybridized carbons (Fsp3) is 0.375. The number of nitrogens with one attached hydrogen (secondary N) is 3. The predicted octanol–water partition coefficient (Wildman–Crippen LogP) is 0.720. The van der Waals surface area contributed by atoms with Crippen molar-refractivity contribution in [2.45, 2.75) is 31.3 Å². The molecule has 1 aromatic rings. The van der Waals surface area contributed by atoms with E-state index in [0.717, 1.165) is 31.0 Å². The Morgan fingerprint density at radius 2 is 2.00 bits per heavy atom. The summed E-state index contributed by atoms with van der Waals surface area (Å²) in [5.41, 5.74) is -2.22. The van der Waals surface area contributed by atoms with Crippen molar-refractivity contribution < 1.29 is 28.0 Å². The molecule has 2 fully saturated rings. The van der Waals surface area contributed by atoms with E-state index in [0.29, 0.717) is 4.90 Å². The van der Waals surface area contributed by atoms with Gasteiger partial charge >= 0.3 is 12.1 Å². The van der Waals surface area contributed by atoms with Crippen LogP contribution in [-0.4, -0.2) is 41.4 Å². The van der Waals surface area contributed by atoms with E-state index in [9.17, 15) is 28.0 Å². The van der Waals surface area contributed by atoms with E-state index >= 15 is 0 Å². The number of halogens is 2. The first-order valence-corrected chi connectivity index (χ1v) is 7.90. The lowest BCUT2D eigenvalue weighted by Crippen LogP contribution is -2.47. The van der Waals surface area contributed by atoms with Gasteiger partial charge < -0.3 is 10.6 Å². The molecule has 1 aliphatic carbocycles. The van der Waals surface area contributed by atoms with E-state index in [1.54, 1.807) is 0 Å². The summed E-state index contributed by atoms with van der Waals surface area (Å²) in [6, 6.07) is 0.890. The highest BCUT2D eigenvalue weighted by Gasteiger charge is 2.51. The first kappa shape index (κ1) is 17.8. The lowest BCUT2D eigenvalue weighted by molar-refractivity contribution is -0.134. The molecule has 6 amide bonds. The third kappa shape index (κ3) is 3.35. The van der Waals surface area contributed by atoms with Crippen molar-refractivity contribution in [1.82, 2.24) is 20.9 Å². The fourth-order valence-electron chi connectivity index (χ4n) is 2.66. The van der Waals surface area contributed by atoms with Crippen molar-refractivity contribution in [3.05, 3.63) is 35.4 Å². The molecule has 1 atom stereocenters. The van der Waals surface area contributed by atoms with Crippen molar-refractivity contribution in [3.8, 4) is 0 Å².